The molecule has 1 aromatic heterocycles. The molecule has 144 valence electrons. The summed E-state index contributed by atoms with van der Waals surface area (Å²) in [5.74, 6) is 0.629. The molecule has 1 aliphatic rings. The molecule has 0 unspecified atom stereocenters. The average Bonchev–Trinajstić information content (AvgIpc) is 2.61. The van der Waals surface area contributed by atoms with Crippen molar-refractivity contribution in [2.45, 2.75) is 52.2 Å². The van der Waals surface area contributed by atoms with Crippen LogP contribution in [0.1, 0.15) is 39.2 Å². The fourth-order valence-corrected chi connectivity index (χ4v) is 3.11. The predicted octanol–water partition coefficient (Wildman–Crippen LogP) is 4.26. The minimum Gasteiger partial charge on any atom is -0.444 e. The average molecular weight is 368 g/mol. The molecule has 6 nitrogen and oxygen atoms in total. The Morgan fingerprint density at radius 1 is 1.22 bits per heavy atom. The highest BCUT2D eigenvalue weighted by Crippen LogP contribution is 2.21. The second-order valence-corrected chi connectivity index (χ2v) is 8.02. The lowest BCUT2D eigenvalue weighted by molar-refractivity contribution is 0.0210. The van der Waals surface area contributed by atoms with Gasteiger partial charge in [0.25, 0.3) is 0 Å². The van der Waals surface area contributed by atoms with E-state index in [1.165, 1.54) is 5.56 Å². The van der Waals surface area contributed by atoms with Gasteiger partial charge in [0.15, 0.2) is 0 Å². The third-order valence-corrected chi connectivity index (χ3v) is 4.45. The Balaban J connectivity index is 1.58. The molecule has 2 heterocycles. The van der Waals surface area contributed by atoms with Gasteiger partial charge in [0.2, 0.25) is 5.95 Å². The Bertz CT molecular complexity index is 793. The molecule has 0 radical (unpaired) electrons. The highest BCUT2D eigenvalue weighted by Gasteiger charge is 2.27. The summed E-state index contributed by atoms with van der Waals surface area (Å²) in [4.78, 5) is 22.9. The number of aryl methyl sites for hydroxylation is 1. The normalized spacial score (nSPS) is 15.5. The zero-order chi connectivity index (χ0) is 19.4. The number of hydrogen-bond acceptors (Lipinski definition) is 5. The molecular formula is C21H28N4O2. The summed E-state index contributed by atoms with van der Waals surface area (Å²) in [5, 5.41) is 3.41. The minimum atomic E-state index is -0.462. The number of ether oxygens (including phenoxy) is 1. The standard InChI is InChI=1S/C21H28N4O2/c1-15-6-5-7-16(14-15)18-8-11-22-19(24-18)23-17-9-12-25(13-10-17)20(26)27-21(2,3)4/h5-8,11,14,17H,9-10,12-13H2,1-4H3,(H,22,23,24). The van der Waals surface area contributed by atoms with Crippen LogP contribution < -0.4 is 5.32 Å². The monoisotopic (exact) mass is 368 g/mol. The van der Waals surface area contributed by atoms with Crippen LogP contribution in [0, 0.1) is 6.92 Å². The molecule has 0 saturated carbocycles. The van der Waals surface area contributed by atoms with Crippen LogP contribution in [-0.2, 0) is 4.74 Å². The minimum absolute atomic E-state index is 0.237. The van der Waals surface area contributed by atoms with E-state index in [2.05, 4.69) is 40.4 Å². The van der Waals surface area contributed by atoms with E-state index in [1.807, 2.05) is 32.9 Å². The summed E-state index contributed by atoms with van der Waals surface area (Å²) in [6.45, 7) is 9.07. The number of rotatable bonds is 3. The van der Waals surface area contributed by atoms with Crippen LogP contribution in [0.5, 0.6) is 0 Å². The van der Waals surface area contributed by atoms with E-state index in [0.29, 0.717) is 19.0 Å². The summed E-state index contributed by atoms with van der Waals surface area (Å²) >= 11 is 0. The molecular weight excluding hydrogens is 340 g/mol. The van der Waals surface area contributed by atoms with Crippen LogP contribution in [0.25, 0.3) is 11.3 Å². The predicted molar refractivity (Wildman–Crippen MR) is 107 cm³/mol. The maximum Gasteiger partial charge on any atom is 0.410 e. The van der Waals surface area contributed by atoms with E-state index < -0.39 is 5.60 Å². The van der Waals surface area contributed by atoms with E-state index in [-0.39, 0.29) is 12.1 Å². The highest BCUT2D eigenvalue weighted by molar-refractivity contribution is 5.68. The third kappa shape index (κ3) is 5.42. The van der Waals surface area contributed by atoms with Crippen LogP contribution >= 0.6 is 0 Å². The lowest BCUT2D eigenvalue weighted by atomic mass is 10.1. The zero-order valence-electron chi connectivity index (χ0n) is 16.5. The van der Waals surface area contributed by atoms with E-state index in [0.717, 1.165) is 24.1 Å². The molecule has 0 bridgehead atoms. The first-order chi connectivity index (χ1) is 12.8. The second-order valence-electron chi connectivity index (χ2n) is 8.02. The molecule has 1 aromatic carbocycles. The molecule has 1 saturated heterocycles. The molecule has 0 spiro atoms. The van der Waals surface area contributed by atoms with Crippen molar-refractivity contribution in [3.63, 3.8) is 0 Å². The highest BCUT2D eigenvalue weighted by atomic mass is 16.6. The van der Waals surface area contributed by atoms with Crippen molar-refractivity contribution in [3.8, 4) is 11.3 Å². The van der Waals surface area contributed by atoms with Gasteiger partial charge in [-0.05, 0) is 52.7 Å². The Labute approximate surface area is 161 Å². The Kier molecular flexibility index (Phi) is 5.63. The van der Waals surface area contributed by atoms with Crippen molar-refractivity contribution in [2.75, 3.05) is 18.4 Å². The van der Waals surface area contributed by atoms with Crippen LogP contribution in [0.15, 0.2) is 36.5 Å². The first-order valence-electron chi connectivity index (χ1n) is 9.45. The largest absolute Gasteiger partial charge is 0.444 e. The number of benzene rings is 1. The number of aromatic nitrogens is 2. The number of anilines is 1. The molecule has 27 heavy (non-hydrogen) atoms. The lowest BCUT2D eigenvalue weighted by Crippen LogP contribution is -2.44. The van der Waals surface area contributed by atoms with Crippen molar-refractivity contribution >= 4 is 12.0 Å². The number of piperidine rings is 1. The first-order valence-corrected chi connectivity index (χ1v) is 9.45. The van der Waals surface area contributed by atoms with Gasteiger partial charge >= 0.3 is 6.09 Å². The number of hydrogen-bond donors (Lipinski definition) is 1. The SMILES string of the molecule is Cc1cccc(-c2ccnc(NC3CCN(C(=O)OC(C)(C)C)CC3)n2)c1. The number of amides is 1. The summed E-state index contributed by atoms with van der Waals surface area (Å²) in [5.41, 5.74) is 2.73. The van der Waals surface area contributed by atoms with Crippen LogP contribution in [-0.4, -0.2) is 45.7 Å². The molecule has 0 aliphatic carbocycles. The summed E-state index contributed by atoms with van der Waals surface area (Å²) < 4.78 is 5.45. The summed E-state index contributed by atoms with van der Waals surface area (Å²) in [7, 11) is 0. The maximum absolute atomic E-state index is 12.2. The lowest BCUT2D eigenvalue weighted by Gasteiger charge is -2.33. The van der Waals surface area contributed by atoms with Gasteiger partial charge in [-0.2, -0.15) is 0 Å². The quantitative estimate of drug-likeness (QED) is 0.876. The summed E-state index contributed by atoms with van der Waals surface area (Å²) in [6.07, 6.45) is 3.23. The van der Waals surface area contributed by atoms with Gasteiger partial charge in [-0.25, -0.2) is 14.8 Å². The molecule has 3 rings (SSSR count). The van der Waals surface area contributed by atoms with E-state index in [4.69, 9.17) is 4.74 Å². The van der Waals surface area contributed by atoms with Gasteiger partial charge in [0.05, 0.1) is 5.69 Å². The fraction of sp³-hybridized carbons (Fsp3) is 0.476. The number of nitrogens with one attached hydrogen (secondary N) is 1. The van der Waals surface area contributed by atoms with Crippen molar-refractivity contribution < 1.29 is 9.53 Å². The van der Waals surface area contributed by atoms with Crippen molar-refractivity contribution in [3.05, 3.63) is 42.1 Å². The molecule has 1 aliphatic heterocycles. The van der Waals surface area contributed by atoms with Crippen LogP contribution in [0.3, 0.4) is 0 Å². The van der Waals surface area contributed by atoms with Crippen molar-refractivity contribution in [1.29, 1.82) is 0 Å². The molecule has 1 amide bonds. The number of carbonyl (C=O) groups is 1. The maximum atomic E-state index is 12.2. The fourth-order valence-electron chi connectivity index (χ4n) is 3.11. The van der Waals surface area contributed by atoms with Crippen LogP contribution in [0.4, 0.5) is 10.7 Å². The van der Waals surface area contributed by atoms with Gasteiger partial charge in [0.1, 0.15) is 5.60 Å². The third-order valence-electron chi connectivity index (χ3n) is 4.45. The van der Waals surface area contributed by atoms with Crippen molar-refractivity contribution in [1.82, 2.24) is 14.9 Å². The first kappa shape index (κ1) is 19.1. The molecule has 6 heteroatoms. The van der Waals surface area contributed by atoms with Crippen molar-refractivity contribution in [2.24, 2.45) is 0 Å². The van der Waals surface area contributed by atoms with Gasteiger partial charge in [-0.15, -0.1) is 0 Å². The number of carbonyl (C=O) groups excluding carboxylic acids is 1. The topological polar surface area (TPSA) is 67.4 Å². The Morgan fingerprint density at radius 2 is 1.96 bits per heavy atom. The second kappa shape index (κ2) is 7.94. The molecule has 1 N–H and O–H groups in total. The molecule has 2 aromatic rings. The van der Waals surface area contributed by atoms with Gasteiger partial charge in [-0.1, -0.05) is 23.8 Å². The van der Waals surface area contributed by atoms with Gasteiger partial charge in [0, 0.05) is 30.9 Å². The number of nitrogens with zero attached hydrogens (tertiary/aromatic N) is 3. The van der Waals surface area contributed by atoms with E-state index in [1.54, 1.807) is 11.1 Å². The van der Waals surface area contributed by atoms with Gasteiger partial charge < -0.3 is 15.0 Å². The zero-order valence-corrected chi connectivity index (χ0v) is 16.5. The Morgan fingerprint density at radius 3 is 2.63 bits per heavy atom. The Hall–Kier alpha value is -2.63. The van der Waals surface area contributed by atoms with Crippen LogP contribution in [0.2, 0.25) is 0 Å². The van der Waals surface area contributed by atoms with Gasteiger partial charge in [-0.3, -0.25) is 0 Å². The van der Waals surface area contributed by atoms with E-state index >= 15 is 0 Å². The smallest absolute Gasteiger partial charge is 0.410 e. The molecule has 0 atom stereocenters. The molecule has 1 fully saturated rings. The van der Waals surface area contributed by atoms with E-state index in [9.17, 15) is 4.79 Å². The number of likely N-dealkylation sites (tertiary alicyclic amines) is 1. The summed E-state index contributed by atoms with van der Waals surface area (Å²) in [6, 6.07) is 10.4.